The Hall–Kier alpha value is -2.66. The van der Waals surface area contributed by atoms with Crippen molar-refractivity contribution < 1.29 is 37.1 Å². The van der Waals surface area contributed by atoms with Crippen LogP contribution in [0.2, 0.25) is 10.0 Å². The second-order valence-electron chi connectivity index (χ2n) is 13.3. The van der Waals surface area contributed by atoms with Crippen LogP contribution in [0.15, 0.2) is 18.3 Å². The van der Waals surface area contributed by atoms with Crippen LogP contribution in [0.1, 0.15) is 104 Å². The summed E-state index contributed by atoms with van der Waals surface area (Å²) in [5, 5.41) is 13.0. The van der Waals surface area contributed by atoms with Gasteiger partial charge in [0.1, 0.15) is 5.82 Å². The summed E-state index contributed by atoms with van der Waals surface area (Å²) in [4.78, 5) is 40.3. The molecule has 3 fully saturated rings. The first-order valence-corrected chi connectivity index (χ1v) is 15.1. The van der Waals surface area contributed by atoms with Crippen molar-refractivity contribution >= 4 is 40.9 Å². The molecule has 3 saturated carbocycles. The smallest absolute Gasteiger partial charge is 0.433 e. The number of benzene rings is 1. The number of ketones is 1. The highest BCUT2D eigenvalue weighted by Gasteiger charge is 2.53. The number of halogens is 6. The Morgan fingerprint density at radius 1 is 1.05 bits per heavy atom. The van der Waals surface area contributed by atoms with Crippen molar-refractivity contribution in [2.45, 2.75) is 83.9 Å². The minimum Gasteiger partial charge on any atom is -0.481 e. The second kappa shape index (κ2) is 11.1. The third-order valence-corrected chi connectivity index (χ3v) is 10.6. The van der Waals surface area contributed by atoms with E-state index in [9.17, 15) is 37.1 Å². The van der Waals surface area contributed by atoms with Crippen LogP contribution in [0, 0.1) is 22.1 Å². The van der Waals surface area contributed by atoms with E-state index in [-0.39, 0.29) is 58.7 Å². The lowest BCUT2D eigenvalue weighted by atomic mass is 9.74. The Morgan fingerprint density at radius 3 is 2.12 bits per heavy atom. The summed E-state index contributed by atoms with van der Waals surface area (Å²) >= 11 is 12.3. The van der Waals surface area contributed by atoms with Crippen molar-refractivity contribution in [2.75, 3.05) is 13.1 Å². The molecule has 3 aliphatic rings. The normalized spacial score (nSPS) is 28.7. The molecule has 2 bridgehead atoms. The second-order valence-corrected chi connectivity index (χ2v) is 14.1. The fraction of sp³-hybridized carbons (Fsp3) is 0.600. The number of aromatic nitrogens is 2. The molecule has 1 N–H and O–H groups in total. The lowest BCUT2D eigenvalue weighted by Crippen LogP contribution is -2.43. The number of nitrogens with zero attached hydrogens (tertiary/aromatic N) is 3. The molecule has 1 aromatic carbocycles. The highest BCUT2D eigenvalue weighted by atomic mass is 35.5. The summed E-state index contributed by atoms with van der Waals surface area (Å²) in [6, 6.07) is 1.08. The van der Waals surface area contributed by atoms with Gasteiger partial charge < -0.3 is 10.0 Å². The van der Waals surface area contributed by atoms with E-state index in [1.165, 1.54) is 0 Å². The van der Waals surface area contributed by atoms with Crippen LogP contribution < -0.4 is 0 Å². The minimum absolute atomic E-state index is 0.0620. The van der Waals surface area contributed by atoms with Crippen LogP contribution in [-0.4, -0.2) is 50.5 Å². The van der Waals surface area contributed by atoms with E-state index in [2.05, 4.69) is 12.0 Å². The van der Waals surface area contributed by atoms with Crippen molar-refractivity contribution in [1.82, 2.24) is 14.7 Å². The predicted octanol–water partition coefficient (Wildman–Crippen LogP) is 7.85. The molecule has 0 aliphatic heterocycles. The van der Waals surface area contributed by atoms with E-state index >= 15 is 0 Å². The number of Topliss-reactive ketones (excluding diaryl/α,β-unsaturated/α-hetero) is 1. The van der Waals surface area contributed by atoms with E-state index in [0.717, 1.165) is 60.0 Å². The van der Waals surface area contributed by atoms with Crippen LogP contribution in [0.25, 0.3) is 0 Å². The van der Waals surface area contributed by atoms with E-state index in [1.807, 2.05) is 0 Å². The molecule has 43 heavy (non-hydrogen) atoms. The number of rotatable bonds is 8. The van der Waals surface area contributed by atoms with Crippen LogP contribution in [-0.2, 0) is 11.0 Å². The molecule has 0 unspecified atom stereocenters. The van der Waals surface area contributed by atoms with Crippen molar-refractivity contribution in [1.29, 1.82) is 0 Å². The maximum Gasteiger partial charge on any atom is 0.433 e. The topological polar surface area (TPSA) is 92.5 Å². The number of carbonyl (C=O) groups is 3. The van der Waals surface area contributed by atoms with Gasteiger partial charge in [-0.3, -0.25) is 19.1 Å². The molecule has 1 aromatic heterocycles. The molecule has 234 valence electrons. The average Bonchev–Trinajstić information content (AvgIpc) is 3.58. The predicted molar refractivity (Wildman–Crippen MR) is 151 cm³/mol. The third kappa shape index (κ3) is 6.03. The summed E-state index contributed by atoms with van der Waals surface area (Å²) in [5.74, 6) is -3.49. The van der Waals surface area contributed by atoms with Gasteiger partial charge in [-0.15, -0.1) is 0 Å². The maximum atomic E-state index is 14.6. The highest BCUT2D eigenvalue weighted by Crippen LogP contribution is 2.61. The molecule has 0 atom stereocenters. The summed E-state index contributed by atoms with van der Waals surface area (Å²) < 4.78 is 58.4. The molecule has 3 aliphatic carbocycles. The zero-order valence-electron chi connectivity index (χ0n) is 23.9. The molecular formula is C30H33Cl2F4N3O4. The average molecular weight is 647 g/mol. The van der Waals surface area contributed by atoms with E-state index in [0.29, 0.717) is 0 Å². The van der Waals surface area contributed by atoms with Gasteiger partial charge >= 0.3 is 12.1 Å². The lowest BCUT2D eigenvalue weighted by molar-refractivity contribution is -0.152. The number of carbonyl (C=O) groups excluding carboxylic acids is 2. The molecule has 5 rings (SSSR count). The first kappa shape index (κ1) is 31.8. The summed E-state index contributed by atoms with van der Waals surface area (Å²) in [5.41, 5.74) is -3.43. The number of amides is 1. The van der Waals surface area contributed by atoms with Gasteiger partial charge in [0.05, 0.1) is 45.4 Å². The molecule has 13 heteroatoms. The molecule has 0 spiro atoms. The Balaban J connectivity index is 1.49. The van der Waals surface area contributed by atoms with Gasteiger partial charge in [0, 0.05) is 6.54 Å². The Kier molecular flexibility index (Phi) is 8.16. The molecule has 1 amide bonds. The standard InChI is InChI=1S/C30H33Cl2F4N3O4/c1-27-7-9-29(15-27,10-8-27)16-38(14-22(40)23-20(31)11-17(33)12-21(23)32)25(41)19-13-37-39(24(19)30(34,35)36)18-3-5-28(2,6-4-18)26(42)43/h11-13,18H,3-10,14-16H2,1-2H3,(H,42,43). The van der Waals surface area contributed by atoms with Crippen LogP contribution in [0.5, 0.6) is 0 Å². The van der Waals surface area contributed by atoms with E-state index < -0.39 is 58.9 Å². The monoisotopic (exact) mass is 645 g/mol. The third-order valence-electron chi connectivity index (χ3n) is 9.97. The Labute approximate surface area is 256 Å². The number of alkyl halides is 3. The fourth-order valence-corrected chi connectivity index (χ4v) is 8.14. The largest absolute Gasteiger partial charge is 0.481 e. The van der Waals surface area contributed by atoms with Gasteiger partial charge in [-0.2, -0.15) is 18.3 Å². The molecule has 0 saturated heterocycles. The van der Waals surface area contributed by atoms with E-state index in [1.54, 1.807) is 6.92 Å². The molecule has 2 aromatic rings. The van der Waals surface area contributed by atoms with Crippen LogP contribution in [0.3, 0.4) is 0 Å². The van der Waals surface area contributed by atoms with Gasteiger partial charge in [-0.25, -0.2) is 4.39 Å². The molecule has 7 nitrogen and oxygen atoms in total. The number of hydrogen-bond donors (Lipinski definition) is 1. The van der Waals surface area contributed by atoms with Gasteiger partial charge in [0.15, 0.2) is 11.5 Å². The SMILES string of the molecule is CC12CCC(CN(CC(=O)c3c(Cl)cc(F)cc3Cl)C(=O)c3cnn(C4CCC(C)(C(=O)O)CC4)c3C(F)(F)F)(CC1)C2. The van der Waals surface area contributed by atoms with Gasteiger partial charge in [0.2, 0.25) is 0 Å². The number of hydrogen-bond acceptors (Lipinski definition) is 4. The number of carboxylic acid groups (broad SMARTS) is 1. The molecule has 0 radical (unpaired) electrons. The van der Waals surface area contributed by atoms with E-state index in [4.69, 9.17) is 23.2 Å². The van der Waals surface area contributed by atoms with Gasteiger partial charge in [-0.05, 0) is 87.7 Å². The number of aliphatic carboxylic acids is 1. The first-order chi connectivity index (χ1) is 20.0. The number of carboxylic acids is 1. The van der Waals surface area contributed by atoms with Gasteiger partial charge in [0.25, 0.3) is 5.91 Å². The minimum atomic E-state index is -4.95. The van der Waals surface area contributed by atoms with Crippen LogP contribution >= 0.6 is 23.2 Å². The zero-order chi connectivity index (χ0) is 31.5. The first-order valence-electron chi connectivity index (χ1n) is 14.3. The summed E-state index contributed by atoms with van der Waals surface area (Å²) in [6.45, 7) is 3.18. The van der Waals surface area contributed by atoms with Crippen molar-refractivity contribution in [3.05, 3.63) is 51.0 Å². The van der Waals surface area contributed by atoms with Gasteiger partial charge in [-0.1, -0.05) is 30.1 Å². The summed E-state index contributed by atoms with van der Waals surface area (Å²) in [7, 11) is 0. The summed E-state index contributed by atoms with van der Waals surface area (Å²) in [6.07, 6.45) is 0.712. The Morgan fingerprint density at radius 2 is 1.63 bits per heavy atom. The zero-order valence-corrected chi connectivity index (χ0v) is 25.4. The number of fused-ring (bicyclic) bond motifs is 2. The van der Waals surface area contributed by atoms with Crippen molar-refractivity contribution in [3.8, 4) is 0 Å². The molecular weight excluding hydrogens is 613 g/mol. The highest BCUT2D eigenvalue weighted by molar-refractivity contribution is 6.40. The quantitative estimate of drug-likeness (QED) is 0.233. The van der Waals surface area contributed by atoms with Crippen LogP contribution in [0.4, 0.5) is 17.6 Å². The Bertz CT molecular complexity index is 1430. The molecule has 1 heterocycles. The van der Waals surface area contributed by atoms with Crippen molar-refractivity contribution in [2.24, 2.45) is 16.2 Å². The fourth-order valence-electron chi connectivity index (χ4n) is 7.47. The lowest BCUT2D eigenvalue weighted by Gasteiger charge is -2.35. The maximum absolute atomic E-state index is 14.6. The van der Waals surface area contributed by atoms with Crippen molar-refractivity contribution in [3.63, 3.8) is 0 Å².